The molecule has 4 fully saturated rings. The predicted octanol–water partition coefficient (Wildman–Crippen LogP) is 6.09. The zero-order valence-corrected chi connectivity index (χ0v) is 25.4. The molecule has 41 heavy (non-hydrogen) atoms. The molecule has 4 heterocycles. The molecule has 1 aliphatic carbocycles. The summed E-state index contributed by atoms with van der Waals surface area (Å²) in [4.78, 5) is 17.9. The summed E-state index contributed by atoms with van der Waals surface area (Å²) in [5.41, 5.74) is 0.939. The number of anilines is 2. The average Bonchev–Trinajstić information content (AvgIpc) is 3.04. The summed E-state index contributed by atoms with van der Waals surface area (Å²) >= 11 is 0. The molecule has 2 aromatic rings. The van der Waals surface area contributed by atoms with Crippen molar-refractivity contribution in [1.29, 1.82) is 0 Å². The predicted molar refractivity (Wildman–Crippen MR) is 168 cm³/mol. The van der Waals surface area contributed by atoms with Crippen LogP contribution >= 0.6 is 0 Å². The van der Waals surface area contributed by atoms with Crippen molar-refractivity contribution >= 4 is 22.7 Å². The Hall–Kier alpha value is -2.32. The van der Waals surface area contributed by atoms with Crippen LogP contribution < -0.4 is 19.7 Å². The van der Waals surface area contributed by atoms with Crippen LogP contribution in [0.15, 0.2) is 12.1 Å². The van der Waals surface area contributed by atoms with E-state index in [2.05, 4.69) is 32.1 Å². The van der Waals surface area contributed by atoms with Gasteiger partial charge in [-0.2, -0.15) is 4.98 Å². The topological polar surface area (TPSA) is 66.0 Å². The van der Waals surface area contributed by atoms with E-state index < -0.39 is 0 Å². The maximum absolute atomic E-state index is 6.32. The minimum absolute atomic E-state index is 0.429. The standard InChI is InChI=1S/C33H52N6O2/c1-40-30-24-28-29(25-31(30)41-23-11-18-37-16-7-3-8-17-37)35-33(39-19-9-4-10-20-39)36-32(28)34-26-14-21-38(22-15-26)27-12-5-2-6-13-27/h24-27H,2-23H2,1H3,(H,34,35,36). The Morgan fingerprint density at radius 1 is 0.780 bits per heavy atom. The van der Waals surface area contributed by atoms with Crippen LogP contribution in [-0.2, 0) is 0 Å². The summed E-state index contributed by atoms with van der Waals surface area (Å²) in [6, 6.07) is 5.41. The quantitative estimate of drug-likeness (QED) is 0.348. The molecule has 8 heteroatoms. The van der Waals surface area contributed by atoms with Gasteiger partial charge in [0.25, 0.3) is 0 Å². The Labute approximate surface area is 247 Å². The van der Waals surface area contributed by atoms with Crippen LogP contribution in [-0.4, -0.2) is 91.4 Å². The number of nitrogens with zero attached hydrogens (tertiary/aromatic N) is 5. The van der Waals surface area contributed by atoms with E-state index in [1.165, 1.54) is 96.8 Å². The minimum atomic E-state index is 0.429. The Balaban J connectivity index is 1.18. The molecular formula is C33H52N6O2. The molecule has 0 amide bonds. The summed E-state index contributed by atoms with van der Waals surface area (Å²) in [5.74, 6) is 3.34. The van der Waals surface area contributed by atoms with Gasteiger partial charge < -0.3 is 29.5 Å². The highest BCUT2D eigenvalue weighted by Gasteiger charge is 2.27. The van der Waals surface area contributed by atoms with Crippen LogP contribution in [0.2, 0.25) is 0 Å². The molecule has 0 radical (unpaired) electrons. The molecule has 0 spiro atoms. The lowest BCUT2D eigenvalue weighted by Gasteiger charge is -2.39. The lowest BCUT2D eigenvalue weighted by Crippen LogP contribution is -2.45. The average molecular weight is 565 g/mol. The van der Waals surface area contributed by atoms with Gasteiger partial charge in [-0.05, 0) is 83.4 Å². The molecule has 226 valence electrons. The number of hydrogen-bond donors (Lipinski definition) is 1. The number of methoxy groups -OCH3 is 1. The fourth-order valence-electron chi connectivity index (χ4n) is 7.44. The van der Waals surface area contributed by atoms with Crippen molar-refractivity contribution in [3.8, 4) is 11.5 Å². The van der Waals surface area contributed by atoms with Gasteiger partial charge in [-0.25, -0.2) is 4.98 Å². The van der Waals surface area contributed by atoms with Gasteiger partial charge in [0, 0.05) is 56.3 Å². The second-order valence-electron chi connectivity index (χ2n) is 12.8. The van der Waals surface area contributed by atoms with Crippen LogP contribution in [0, 0.1) is 0 Å². The number of ether oxygens (including phenoxy) is 2. The molecule has 4 aliphatic rings. The van der Waals surface area contributed by atoms with Gasteiger partial charge in [0.1, 0.15) is 5.82 Å². The molecule has 1 saturated carbocycles. The summed E-state index contributed by atoms with van der Waals surface area (Å²) in [6.45, 7) is 8.67. The van der Waals surface area contributed by atoms with Crippen molar-refractivity contribution in [1.82, 2.24) is 19.8 Å². The van der Waals surface area contributed by atoms with Crippen LogP contribution in [0.3, 0.4) is 0 Å². The van der Waals surface area contributed by atoms with Crippen LogP contribution in [0.5, 0.6) is 11.5 Å². The Morgan fingerprint density at radius 2 is 1.49 bits per heavy atom. The highest BCUT2D eigenvalue weighted by atomic mass is 16.5. The number of hydrogen-bond acceptors (Lipinski definition) is 8. The molecule has 0 unspecified atom stereocenters. The van der Waals surface area contributed by atoms with Gasteiger partial charge in [-0.3, -0.25) is 0 Å². The van der Waals surface area contributed by atoms with E-state index in [9.17, 15) is 0 Å². The first-order valence-corrected chi connectivity index (χ1v) is 16.8. The van der Waals surface area contributed by atoms with Gasteiger partial charge in [0.15, 0.2) is 11.5 Å². The van der Waals surface area contributed by atoms with Crippen molar-refractivity contribution < 1.29 is 9.47 Å². The highest BCUT2D eigenvalue weighted by Crippen LogP contribution is 2.36. The smallest absolute Gasteiger partial charge is 0.227 e. The van der Waals surface area contributed by atoms with Crippen LogP contribution in [0.25, 0.3) is 10.9 Å². The second kappa shape index (κ2) is 14.2. The zero-order valence-electron chi connectivity index (χ0n) is 25.4. The molecule has 1 aromatic heterocycles. The molecule has 3 aliphatic heterocycles. The third-order valence-electron chi connectivity index (χ3n) is 9.89. The number of aromatic nitrogens is 2. The van der Waals surface area contributed by atoms with Gasteiger partial charge in [-0.15, -0.1) is 0 Å². The summed E-state index contributed by atoms with van der Waals surface area (Å²) < 4.78 is 12.2. The second-order valence-corrected chi connectivity index (χ2v) is 12.8. The number of likely N-dealkylation sites (tertiary alicyclic amines) is 2. The number of fused-ring (bicyclic) bond motifs is 1. The first kappa shape index (κ1) is 28.8. The van der Waals surface area contributed by atoms with E-state index in [1.54, 1.807) is 7.11 Å². The lowest BCUT2D eigenvalue weighted by atomic mass is 9.92. The van der Waals surface area contributed by atoms with E-state index >= 15 is 0 Å². The third kappa shape index (κ3) is 7.37. The molecule has 3 saturated heterocycles. The Bertz CT molecular complexity index is 1100. The van der Waals surface area contributed by atoms with Crippen molar-refractivity contribution in [3.63, 3.8) is 0 Å². The van der Waals surface area contributed by atoms with E-state index in [-0.39, 0.29) is 0 Å². The summed E-state index contributed by atoms with van der Waals surface area (Å²) in [5, 5.41) is 4.91. The fraction of sp³-hybridized carbons (Fsp3) is 0.758. The molecule has 0 bridgehead atoms. The van der Waals surface area contributed by atoms with Gasteiger partial charge in [0.2, 0.25) is 5.95 Å². The van der Waals surface area contributed by atoms with E-state index in [0.717, 1.165) is 79.1 Å². The van der Waals surface area contributed by atoms with Gasteiger partial charge >= 0.3 is 0 Å². The van der Waals surface area contributed by atoms with Gasteiger partial charge in [-0.1, -0.05) is 25.7 Å². The van der Waals surface area contributed by atoms with Crippen molar-refractivity contribution in [2.45, 2.75) is 102 Å². The number of piperidine rings is 3. The van der Waals surface area contributed by atoms with Gasteiger partial charge in [0.05, 0.1) is 19.2 Å². The maximum Gasteiger partial charge on any atom is 0.227 e. The fourth-order valence-corrected chi connectivity index (χ4v) is 7.44. The lowest BCUT2D eigenvalue weighted by molar-refractivity contribution is 0.126. The van der Waals surface area contributed by atoms with Crippen LogP contribution in [0.1, 0.15) is 89.9 Å². The van der Waals surface area contributed by atoms with Crippen molar-refractivity contribution in [2.75, 3.05) is 69.7 Å². The largest absolute Gasteiger partial charge is 0.493 e. The maximum atomic E-state index is 6.32. The molecular weight excluding hydrogens is 512 g/mol. The van der Waals surface area contributed by atoms with Crippen molar-refractivity contribution in [3.05, 3.63) is 12.1 Å². The SMILES string of the molecule is COc1cc2c(NC3CCN(C4CCCCC4)CC3)nc(N3CCCCC3)nc2cc1OCCCN1CCCCC1. The number of nitrogens with one attached hydrogen (secondary N) is 1. The van der Waals surface area contributed by atoms with E-state index in [0.29, 0.717) is 12.6 Å². The first-order chi connectivity index (χ1) is 20.3. The highest BCUT2D eigenvalue weighted by molar-refractivity contribution is 5.93. The Morgan fingerprint density at radius 3 is 2.22 bits per heavy atom. The van der Waals surface area contributed by atoms with E-state index in [4.69, 9.17) is 19.4 Å². The molecule has 1 N–H and O–H groups in total. The number of benzene rings is 1. The summed E-state index contributed by atoms with van der Waals surface area (Å²) in [7, 11) is 1.73. The minimum Gasteiger partial charge on any atom is -0.493 e. The third-order valence-corrected chi connectivity index (χ3v) is 9.89. The van der Waals surface area contributed by atoms with Crippen molar-refractivity contribution in [2.24, 2.45) is 0 Å². The molecule has 8 nitrogen and oxygen atoms in total. The molecule has 6 rings (SSSR count). The number of rotatable bonds is 10. The summed E-state index contributed by atoms with van der Waals surface area (Å²) in [6.07, 6.45) is 18.1. The van der Waals surface area contributed by atoms with Crippen LogP contribution in [0.4, 0.5) is 11.8 Å². The Kier molecular flexibility index (Phi) is 9.99. The molecule has 0 atom stereocenters. The zero-order chi connectivity index (χ0) is 27.9. The molecule has 1 aromatic carbocycles. The first-order valence-electron chi connectivity index (χ1n) is 16.8. The van der Waals surface area contributed by atoms with E-state index in [1.807, 2.05) is 0 Å². The normalized spacial score (nSPS) is 22.2. The monoisotopic (exact) mass is 564 g/mol.